The number of rotatable bonds is 12. The smallest absolute Gasteiger partial charge is 0.306 e. The van der Waals surface area contributed by atoms with E-state index in [4.69, 9.17) is 9.47 Å². The first-order chi connectivity index (χ1) is 16.1. The lowest BCUT2D eigenvalue weighted by Gasteiger charge is -2.14. The van der Waals surface area contributed by atoms with Crippen LogP contribution in [0.15, 0.2) is 66.9 Å². The molecule has 0 unspecified atom stereocenters. The molecule has 4 nitrogen and oxygen atoms in total. The Morgan fingerprint density at radius 3 is 2.15 bits per heavy atom. The summed E-state index contributed by atoms with van der Waals surface area (Å²) in [5, 5.41) is 0. The van der Waals surface area contributed by atoms with Crippen LogP contribution in [0.3, 0.4) is 0 Å². The van der Waals surface area contributed by atoms with Crippen molar-refractivity contribution in [1.29, 1.82) is 0 Å². The van der Waals surface area contributed by atoms with Crippen molar-refractivity contribution in [2.75, 3.05) is 6.61 Å². The second-order valence-electron chi connectivity index (χ2n) is 8.47. The molecule has 0 bridgehead atoms. The van der Waals surface area contributed by atoms with E-state index in [2.05, 4.69) is 49.2 Å². The van der Waals surface area contributed by atoms with Crippen molar-refractivity contribution < 1.29 is 14.3 Å². The van der Waals surface area contributed by atoms with Gasteiger partial charge in [0.25, 0.3) is 0 Å². The number of hydrogen-bond acceptors (Lipinski definition) is 4. The van der Waals surface area contributed by atoms with Crippen LogP contribution in [0.25, 0.3) is 22.4 Å². The van der Waals surface area contributed by atoms with Gasteiger partial charge in [0.1, 0.15) is 18.5 Å². The van der Waals surface area contributed by atoms with Crippen LogP contribution in [0, 0.1) is 0 Å². The zero-order valence-corrected chi connectivity index (χ0v) is 20.0. The van der Waals surface area contributed by atoms with Gasteiger partial charge in [-0.1, -0.05) is 57.0 Å². The minimum atomic E-state index is -0.274. The van der Waals surface area contributed by atoms with Crippen molar-refractivity contribution in [3.05, 3.63) is 72.4 Å². The lowest BCUT2D eigenvalue weighted by molar-refractivity contribution is -0.149. The van der Waals surface area contributed by atoms with Crippen LogP contribution in [0.4, 0.5) is 0 Å². The topological polar surface area (TPSA) is 48.4 Å². The molecule has 0 saturated carbocycles. The van der Waals surface area contributed by atoms with Crippen LogP contribution < -0.4 is 4.74 Å². The Balaban J connectivity index is 1.53. The standard InChI is InChI=1S/C29H35NO3/c1-4-6-8-23-10-12-24(13-11-23)26-16-19-28(30-20-26)25-14-17-27(18-15-25)32-21-22(3)33-29(31)9-7-5-2/h10-20,22H,4-9,21H2,1-3H3/t22-/m0/s1. The summed E-state index contributed by atoms with van der Waals surface area (Å²) in [6.07, 6.45) is 7.53. The van der Waals surface area contributed by atoms with Crippen molar-refractivity contribution in [2.24, 2.45) is 0 Å². The van der Waals surface area contributed by atoms with Gasteiger partial charge in [0.15, 0.2) is 0 Å². The van der Waals surface area contributed by atoms with Gasteiger partial charge in [-0.2, -0.15) is 0 Å². The second kappa shape index (κ2) is 12.8. The molecule has 33 heavy (non-hydrogen) atoms. The van der Waals surface area contributed by atoms with E-state index in [-0.39, 0.29) is 12.1 Å². The number of nitrogens with zero attached hydrogens (tertiary/aromatic N) is 1. The summed E-state index contributed by atoms with van der Waals surface area (Å²) < 4.78 is 11.1. The summed E-state index contributed by atoms with van der Waals surface area (Å²) in [6.45, 7) is 6.46. The predicted octanol–water partition coefficient (Wildman–Crippen LogP) is 7.26. The maximum Gasteiger partial charge on any atom is 0.306 e. The number of carbonyl (C=O) groups excluding carboxylic acids is 1. The average Bonchev–Trinajstić information content (AvgIpc) is 2.86. The van der Waals surface area contributed by atoms with E-state index < -0.39 is 0 Å². The number of hydrogen-bond donors (Lipinski definition) is 0. The number of esters is 1. The fourth-order valence-corrected chi connectivity index (χ4v) is 3.55. The maximum absolute atomic E-state index is 11.7. The molecule has 1 heterocycles. The third-order valence-corrected chi connectivity index (χ3v) is 5.57. The molecular weight excluding hydrogens is 410 g/mol. The minimum Gasteiger partial charge on any atom is -0.490 e. The molecule has 0 saturated heterocycles. The Labute approximate surface area is 198 Å². The molecule has 0 radical (unpaired) electrons. The average molecular weight is 446 g/mol. The van der Waals surface area contributed by atoms with E-state index in [0.717, 1.165) is 41.8 Å². The molecule has 0 amide bonds. The number of pyridine rings is 1. The Morgan fingerprint density at radius 1 is 0.848 bits per heavy atom. The molecule has 1 aromatic heterocycles. The van der Waals surface area contributed by atoms with Crippen molar-refractivity contribution in [3.8, 4) is 28.1 Å². The molecule has 4 heteroatoms. The Bertz CT molecular complexity index is 979. The fraction of sp³-hybridized carbons (Fsp3) is 0.379. The normalized spacial score (nSPS) is 11.7. The molecule has 3 rings (SSSR count). The molecule has 1 atom stereocenters. The van der Waals surface area contributed by atoms with E-state index in [0.29, 0.717) is 13.0 Å². The molecule has 0 aliphatic rings. The highest BCUT2D eigenvalue weighted by molar-refractivity contribution is 5.69. The SMILES string of the molecule is CCCCC(=O)O[C@@H](C)COc1ccc(-c2ccc(-c3ccc(CCCC)cc3)cn2)cc1. The molecular formula is C29H35NO3. The van der Waals surface area contributed by atoms with Gasteiger partial charge in [-0.05, 0) is 67.6 Å². The summed E-state index contributed by atoms with van der Waals surface area (Å²) in [7, 11) is 0. The molecule has 2 aromatic carbocycles. The number of carbonyl (C=O) groups is 1. The van der Waals surface area contributed by atoms with Gasteiger partial charge >= 0.3 is 5.97 Å². The monoisotopic (exact) mass is 445 g/mol. The Hall–Kier alpha value is -3.14. The first-order valence-corrected chi connectivity index (χ1v) is 12.1. The number of ether oxygens (including phenoxy) is 2. The molecule has 0 fully saturated rings. The van der Waals surface area contributed by atoms with Crippen LogP contribution in [0.2, 0.25) is 0 Å². The number of aromatic nitrogens is 1. The summed E-state index contributed by atoms with van der Waals surface area (Å²) in [6, 6.07) is 20.8. The molecule has 3 aromatic rings. The van der Waals surface area contributed by atoms with Crippen LogP contribution in [0.1, 0.15) is 58.4 Å². The highest BCUT2D eigenvalue weighted by atomic mass is 16.6. The quantitative estimate of drug-likeness (QED) is 0.275. The van der Waals surface area contributed by atoms with Gasteiger partial charge in [0.05, 0.1) is 5.69 Å². The highest BCUT2D eigenvalue weighted by Gasteiger charge is 2.10. The molecule has 0 spiro atoms. The van der Waals surface area contributed by atoms with E-state index in [9.17, 15) is 4.79 Å². The van der Waals surface area contributed by atoms with Crippen LogP contribution in [-0.4, -0.2) is 23.7 Å². The number of unbranched alkanes of at least 4 members (excludes halogenated alkanes) is 2. The van der Waals surface area contributed by atoms with Crippen LogP contribution in [-0.2, 0) is 16.0 Å². The first-order valence-electron chi connectivity index (χ1n) is 12.1. The van der Waals surface area contributed by atoms with Crippen LogP contribution >= 0.6 is 0 Å². The van der Waals surface area contributed by atoms with Gasteiger partial charge < -0.3 is 9.47 Å². The zero-order valence-electron chi connectivity index (χ0n) is 20.0. The van der Waals surface area contributed by atoms with E-state index in [1.54, 1.807) is 0 Å². The lowest BCUT2D eigenvalue weighted by atomic mass is 10.0. The first kappa shape index (κ1) is 24.5. The maximum atomic E-state index is 11.7. The third kappa shape index (κ3) is 7.74. The summed E-state index contributed by atoms with van der Waals surface area (Å²) >= 11 is 0. The van der Waals surface area contributed by atoms with Crippen molar-refractivity contribution in [1.82, 2.24) is 4.98 Å². The minimum absolute atomic E-state index is 0.162. The second-order valence-corrected chi connectivity index (χ2v) is 8.47. The van der Waals surface area contributed by atoms with Gasteiger partial charge in [-0.15, -0.1) is 0 Å². The predicted molar refractivity (Wildman–Crippen MR) is 134 cm³/mol. The Morgan fingerprint density at radius 2 is 1.52 bits per heavy atom. The summed E-state index contributed by atoms with van der Waals surface area (Å²) in [5.41, 5.74) is 5.63. The summed E-state index contributed by atoms with van der Waals surface area (Å²) in [5.74, 6) is 0.584. The summed E-state index contributed by atoms with van der Waals surface area (Å²) in [4.78, 5) is 16.4. The largest absolute Gasteiger partial charge is 0.490 e. The molecule has 174 valence electrons. The fourth-order valence-electron chi connectivity index (χ4n) is 3.55. The van der Waals surface area contributed by atoms with E-state index in [1.165, 1.54) is 24.0 Å². The molecule has 0 aliphatic carbocycles. The van der Waals surface area contributed by atoms with Gasteiger partial charge in [0.2, 0.25) is 0 Å². The van der Waals surface area contributed by atoms with Crippen LogP contribution in [0.5, 0.6) is 5.75 Å². The van der Waals surface area contributed by atoms with Gasteiger partial charge in [-0.3, -0.25) is 9.78 Å². The molecule has 0 N–H and O–H groups in total. The van der Waals surface area contributed by atoms with Crippen molar-refractivity contribution in [2.45, 2.75) is 65.4 Å². The van der Waals surface area contributed by atoms with Crippen molar-refractivity contribution in [3.63, 3.8) is 0 Å². The number of aryl methyl sites for hydroxylation is 1. The van der Waals surface area contributed by atoms with E-state index >= 15 is 0 Å². The third-order valence-electron chi connectivity index (χ3n) is 5.57. The molecule has 0 aliphatic heterocycles. The lowest BCUT2D eigenvalue weighted by Crippen LogP contribution is -2.21. The Kier molecular flexibility index (Phi) is 9.49. The van der Waals surface area contributed by atoms with Crippen molar-refractivity contribution >= 4 is 5.97 Å². The zero-order chi connectivity index (χ0) is 23.5. The van der Waals surface area contributed by atoms with E-state index in [1.807, 2.05) is 43.5 Å². The number of benzene rings is 2. The van der Waals surface area contributed by atoms with Gasteiger partial charge in [0, 0.05) is 23.7 Å². The van der Waals surface area contributed by atoms with Gasteiger partial charge in [-0.25, -0.2) is 0 Å². The highest BCUT2D eigenvalue weighted by Crippen LogP contribution is 2.25.